The van der Waals surface area contributed by atoms with E-state index in [4.69, 9.17) is 27.9 Å². The van der Waals surface area contributed by atoms with Crippen LogP contribution in [0.4, 0.5) is 0 Å². The lowest BCUT2D eigenvalue weighted by Crippen LogP contribution is -2.41. The van der Waals surface area contributed by atoms with E-state index in [0.29, 0.717) is 39.3 Å². The van der Waals surface area contributed by atoms with E-state index in [1.807, 2.05) is 24.3 Å². The molecule has 3 aromatic carbocycles. The SMILES string of the molecule is CC(C)CCOc1ccc(C(NC(=O)c2cccc(Cl)c2)NC(=O)c2cccc(Cl)c2)cc1. The lowest BCUT2D eigenvalue weighted by atomic mass is 10.1. The van der Waals surface area contributed by atoms with E-state index in [2.05, 4.69) is 24.5 Å². The second kappa shape index (κ2) is 11.7. The maximum Gasteiger partial charge on any atom is 0.253 e. The Morgan fingerprint density at radius 1 is 0.818 bits per heavy atom. The third-order valence-corrected chi connectivity index (χ3v) is 5.37. The summed E-state index contributed by atoms with van der Waals surface area (Å²) in [6, 6.07) is 20.5. The van der Waals surface area contributed by atoms with Crippen LogP contribution in [0.15, 0.2) is 72.8 Å². The molecule has 7 heteroatoms. The van der Waals surface area contributed by atoms with Gasteiger partial charge in [0.2, 0.25) is 0 Å². The Labute approximate surface area is 204 Å². The Bertz CT molecular complexity index is 1040. The minimum Gasteiger partial charge on any atom is -0.494 e. The molecule has 0 heterocycles. The van der Waals surface area contributed by atoms with Crippen LogP contribution in [0.5, 0.6) is 5.75 Å². The topological polar surface area (TPSA) is 67.4 Å². The molecule has 0 bridgehead atoms. The van der Waals surface area contributed by atoms with Crippen molar-refractivity contribution in [1.29, 1.82) is 0 Å². The van der Waals surface area contributed by atoms with E-state index in [9.17, 15) is 9.59 Å². The van der Waals surface area contributed by atoms with Crippen LogP contribution in [0.2, 0.25) is 10.0 Å². The fourth-order valence-electron chi connectivity index (χ4n) is 3.06. The molecule has 172 valence electrons. The molecule has 3 aromatic rings. The average molecular weight is 485 g/mol. The summed E-state index contributed by atoms with van der Waals surface area (Å²) in [6.07, 6.45) is 0.170. The zero-order valence-electron chi connectivity index (χ0n) is 18.5. The molecule has 2 N–H and O–H groups in total. The van der Waals surface area contributed by atoms with Crippen molar-refractivity contribution in [2.45, 2.75) is 26.4 Å². The molecule has 0 atom stereocenters. The van der Waals surface area contributed by atoms with Crippen LogP contribution in [-0.4, -0.2) is 18.4 Å². The first-order chi connectivity index (χ1) is 15.8. The smallest absolute Gasteiger partial charge is 0.253 e. The van der Waals surface area contributed by atoms with E-state index in [0.717, 1.165) is 12.2 Å². The number of nitrogens with one attached hydrogen (secondary N) is 2. The van der Waals surface area contributed by atoms with Crippen LogP contribution in [0.25, 0.3) is 0 Å². The largest absolute Gasteiger partial charge is 0.494 e. The average Bonchev–Trinajstić information content (AvgIpc) is 2.79. The summed E-state index contributed by atoms with van der Waals surface area (Å²) < 4.78 is 5.77. The van der Waals surface area contributed by atoms with E-state index in [1.165, 1.54) is 0 Å². The number of carbonyl (C=O) groups excluding carboxylic acids is 2. The van der Waals surface area contributed by atoms with E-state index in [-0.39, 0.29) is 11.8 Å². The first kappa shape index (κ1) is 24.6. The van der Waals surface area contributed by atoms with Gasteiger partial charge in [-0.2, -0.15) is 0 Å². The molecule has 0 radical (unpaired) electrons. The summed E-state index contributed by atoms with van der Waals surface area (Å²) in [6.45, 7) is 4.90. The van der Waals surface area contributed by atoms with Crippen molar-refractivity contribution in [2.75, 3.05) is 6.61 Å². The van der Waals surface area contributed by atoms with Crippen LogP contribution in [0.1, 0.15) is 52.7 Å². The van der Waals surface area contributed by atoms with Crippen LogP contribution in [0.3, 0.4) is 0 Å². The van der Waals surface area contributed by atoms with Gasteiger partial charge in [0, 0.05) is 21.2 Å². The minimum absolute atomic E-state index is 0.369. The number of hydrogen-bond donors (Lipinski definition) is 2. The fourth-order valence-corrected chi connectivity index (χ4v) is 3.44. The normalized spacial score (nSPS) is 10.8. The minimum atomic E-state index is -0.785. The van der Waals surface area contributed by atoms with Gasteiger partial charge in [0.25, 0.3) is 11.8 Å². The fraction of sp³-hybridized carbons (Fsp3) is 0.231. The van der Waals surface area contributed by atoms with Crippen molar-refractivity contribution in [2.24, 2.45) is 5.92 Å². The number of benzene rings is 3. The number of amides is 2. The van der Waals surface area contributed by atoms with Crippen LogP contribution < -0.4 is 15.4 Å². The van der Waals surface area contributed by atoms with Crippen molar-refractivity contribution in [1.82, 2.24) is 10.6 Å². The van der Waals surface area contributed by atoms with Crippen LogP contribution in [-0.2, 0) is 0 Å². The summed E-state index contributed by atoms with van der Waals surface area (Å²) in [5, 5.41) is 6.63. The highest BCUT2D eigenvalue weighted by molar-refractivity contribution is 6.31. The zero-order chi connectivity index (χ0) is 23.8. The van der Waals surface area contributed by atoms with Crippen molar-refractivity contribution in [3.63, 3.8) is 0 Å². The van der Waals surface area contributed by atoms with Gasteiger partial charge >= 0.3 is 0 Å². The third-order valence-electron chi connectivity index (χ3n) is 4.90. The number of ether oxygens (including phenoxy) is 1. The molecule has 0 aliphatic carbocycles. The van der Waals surface area contributed by atoms with Crippen molar-refractivity contribution < 1.29 is 14.3 Å². The number of rotatable bonds is 9. The number of halogens is 2. The standard InChI is InChI=1S/C26H26Cl2N2O3/c1-17(2)13-14-33-23-11-9-18(10-12-23)24(29-25(31)19-5-3-7-21(27)15-19)30-26(32)20-6-4-8-22(28)16-20/h3-12,15-17,24H,13-14H2,1-2H3,(H,29,31)(H,30,32). The molecule has 0 fully saturated rings. The monoisotopic (exact) mass is 484 g/mol. The van der Waals surface area contributed by atoms with Gasteiger partial charge in [0.1, 0.15) is 11.9 Å². The van der Waals surface area contributed by atoms with Gasteiger partial charge in [0.15, 0.2) is 0 Å². The zero-order valence-corrected chi connectivity index (χ0v) is 20.0. The lowest BCUT2D eigenvalue weighted by molar-refractivity contribution is 0.0883. The molecule has 0 aliphatic rings. The Kier molecular flexibility index (Phi) is 8.75. The molecule has 0 aliphatic heterocycles. The highest BCUT2D eigenvalue weighted by atomic mass is 35.5. The second-order valence-corrected chi connectivity index (χ2v) is 8.87. The first-order valence-electron chi connectivity index (χ1n) is 10.7. The summed E-state index contributed by atoms with van der Waals surface area (Å²) in [7, 11) is 0. The van der Waals surface area contributed by atoms with Gasteiger partial charge in [-0.3, -0.25) is 9.59 Å². The molecule has 0 aromatic heterocycles. The lowest BCUT2D eigenvalue weighted by Gasteiger charge is -2.21. The van der Waals surface area contributed by atoms with Crippen molar-refractivity contribution in [3.8, 4) is 5.75 Å². The van der Waals surface area contributed by atoms with Crippen molar-refractivity contribution >= 4 is 35.0 Å². The Hall–Kier alpha value is -3.02. The summed E-state index contributed by atoms with van der Waals surface area (Å²) in [5.41, 5.74) is 1.47. The summed E-state index contributed by atoms with van der Waals surface area (Å²) in [4.78, 5) is 25.7. The summed E-state index contributed by atoms with van der Waals surface area (Å²) in [5.74, 6) is 0.537. The van der Waals surface area contributed by atoms with Crippen LogP contribution >= 0.6 is 23.2 Å². The summed E-state index contributed by atoms with van der Waals surface area (Å²) >= 11 is 12.0. The molecule has 0 spiro atoms. The van der Waals surface area contributed by atoms with E-state index >= 15 is 0 Å². The number of carbonyl (C=O) groups is 2. The molecule has 0 unspecified atom stereocenters. The molecule has 3 rings (SSSR count). The maximum atomic E-state index is 12.9. The Balaban J connectivity index is 1.80. The third kappa shape index (κ3) is 7.52. The van der Waals surface area contributed by atoms with Crippen molar-refractivity contribution in [3.05, 3.63) is 99.5 Å². The maximum absolute atomic E-state index is 12.9. The molecule has 5 nitrogen and oxygen atoms in total. The van der Waals surface area contributed by atoms with E-state index in [1.54, 1.807) is 48.5 Å². The molecular formula is C26H26Cl2N2O3. The van der Waals surface area contributed by atoms with Gasteiger partial charge in [-0.1, -0.05) is 61.3 Å². The van der Waals surface area contributed by atoms with Gasteiger partial charge in [-0.15, -0.1) is 0 Å². The second-order valence-electron chi connectivity index (χ2n) is 8.00. The van der Waals surface area contributed by atoms with Crippen LogP contribution in [0, 0.1) is 5.92 Å². The van der Waals surface area contributed by atoms with Gasteiger partial charge in [-0.05, 0) is 66.4 Å². The van der Waals surface area contributed by atoms with Gasteiger partial charge in [-0.25, -0.2) is 0 Å². The molecule has 33 heavy (non-hydrogen) atoms. The highest BCUT2D eigenvalue weighted by Gasteiger charge is 2.19. The highest BCUT2D eigenvalue weighted by Crippen LogP contribution is 2.20. The Morgan fingerprint density at radius 2 is 1.33 bits per heavy atom. The quantitative estimate of drug-likeness (QED) is 0.351. The van der Waals surface area contributed by atoms with Gasteiger partial charge in [0.05, 0.1) is 6.61 Å². The first-order valence-corrected chi connectivity index (χ1v) is 11.4. The predicted octanol–water partition coefficient (Wildman–Crippen LogP) is 6.28. The molecule has 0 saturated carbocycles. The molecule has 0 saturated heterocycles. The molecular weight excluding hydrogens is 459 g/mol. The molecule has 2 amide bonds. The Morgan fingerprint density at radius 3 is 1.79 bits per heavy atom. The van der Waals surface area contributed by atoms with Gasteiger partial charge < -0.3 is 15.4 Å². The predicted molar refractivity (Wildman–Crippen MR) is 132 cm³/mol. The number of hydrogen-bond acceptors (Lipinski definition) is 3. The van der Waals surface area contributed by atoms with E-state index < -0.39 is 6.17 Å².